The van der Waals surface area contributed by atoms with Crippen molar-refractivity contribution in [1.82, 2.24) is 0 Å². The SMILES string of the molecule is O[C@H]1CCCC[C@@H]1OC1CCCCC1F. The van der Waals surface area contributed by atoms with Gasteiger partial charge in [-0.1, -0.05) is 25.7 Å². The van der Waals surface area contributed by atoms with Gasteiger partial charge in [0.05, 0.1) is 18.3 Å². The van der Waals surface area contributed by atoms with Crippen LogP contribution in [0.2, 0.25) is 0 Å². The Labute approximate surface area is 90.8 Å². The minimum Gasteiger partial charge on any atom is -0.390 e. The third-order valence-corrected chi connectivity index (χ3v) is 3.64. The fourth-order valence-electron chi connectivity index (χ4n) is 2.67. The second-order valence-electron chi connectivity index (χ2n) is 4.87. The Morgan fingerprint density at radius 1 is 0.867 bits per heavy atom. The molecule has 0 aliphatic heterocycles. The van der Waals surface area contributed by atoms with E-state index in [0.29, 0.717) is 6.42 Å². The lowest BCUT2D eigenvalue weighted by Gasteiger charge is -2.34. The van der Waals surface area contributed by atoms with Gasteiger partial charge in [-0.2, -0.15) is 0 Å². The molecule has 0 saturated heterocycles. The fraction of sp³-hybridized carbons (Fsp3) is 1.00. The van der Waals surface area contributed by atoms with E-state index < -0.39 is 6.17 Å². The van der Waals surface area contributed by atoms with Gasteiger partial charge in [-0.3, -0.25) is 0 Å². The highest BCUT2D eigenvalue weighted by atomic mass is 19.1. The lowest BCUT2D eigenvalue weighted by atomic mass is 9.92. The first-order valence-corrected chi connectivity index (χ1v) is 6.25. The number of hydrogen-bond acceptors (Lipinski definition) is 2. The quantitative estimate of drug-likeness (QED) is 0.768. The van der Waals surface area contributed by atoms with Crippen molar-refractivity contribution in [3.8, 4) is 0 Å². The number of aliphatic hydroxyl groups is 1. The average Bonchev–Trinajstić information content (AvgIpc) is 2.24. The van der Waals surface area contributed by atoms with Gasteiger partial charge in [0.1, 0.15) is 6.17 Å². The second-order valence-corrected chi connectivity index (χ2v) is 4.87. The lowest BCUT2D eigenvalue weighted by molar-refractivity contribution is -0.124. The third kappa shape index (κ3) is 2.91. The average molecular weight is 216 g/mol. The van der Waals surface area contributed by atoms with Gasteiger partial charge in [0, 0.05) is 0 Å². The molecule has 0 aromatic carbocycles. The summed E-state index contributed by atoms with van der Waals surface area (Å²) in [6.07, 6.45) is 5.84. The highest BCUT2D eigenvalue weighted by Crippen LogP contribution is 2.29. The van der Waals surface area contributed by atoms with E-state index in [2.05, 4.69) is 0 Å². The van der Waals surface area contributed by atoms with E-state index in [9.17, 15) is 9.50 Å². The zero-order valence-electron chi connectivity index (χ0n) is 9.20. The highest BCUT2D eigenvalue weighted by molar-refractivity contribution is 4.81. The predicted octanol–water partition coefficient (Wildman–Crippen LogP) is 2.59. The van der Waals surface area contributed by atoms with Crippen LogP contribution in [-0.4, -0.2) is 29.6 Å². The van der Waals surface area contributed by atoms with Crippen LogP contribution in [0.4, 0.5) is 4.39 Å². The molecule has 0 amide bonds. The van der Waals surface area contributed by atoms with Crippen LogP contribution in [-0.2, 0) is 4.74 Å². The van der Waals surface area contributed by atoms with E-state index in [1.807, 2.05) is 0 Å². The normalized spacial score (nSPS) is 42.8. The molecule has 2 aliphatic carbocycles. The van der Waals surface area contributed by atoms with E-state index in [0.717, 1.165) is 44.9 Å². The van der Waals surface area contributed by atoms with Crippen LogP contribution in [0.15, 0.2) is 0 Å². The Balaban J connectivity index is 1.83. The van der Waals surface area contributed by atoms with Crippen LogP contribution < -0.4 is 0 Å². The first kappa shape index (κ1) is 11.3. The third-order valence-electron chi connectivity index (χ3n) is 3.64. The molecule has 1 N–H and O–H groups in total. The summed E-state index contributed by atoms with van der Waals surface area (Å²) < 4.78 is 19.3. The molecule has 0 spiro atoms. The van der Waals surface area contributed by atoms with Gasteiger partial charge >= 0.3 is 0 Å². The van der Waals surface area contributed by atoms with Gasteiger partial charge in [0.25, 0.3) is 0 Å². The minimum absolute atomic E-state index is 0.111. The maximum atomic E-state index is 13.5. The standard InChI is InChI=1S/C12H21FO2/c13-9-5-1-3-7-11(9)15-12-8-4-2-6-10(12)14/h9-12,14H,1-8H2/t9?,10-,11?,12-/m0/s1. The molecule has 0 heterocycles. The molecular weight excluding hydrogens is 195 g/mol. The molecule has 88 valence electrons. The van der Waals surface area contributed by atoms with Crippen LogP contribution in [0.25, 0.3) is 0 Å². The van der Waals surface area contributed by atoms with Crippen LogP contribution in [0, 0.1) is 0 Å². The van der Waals surface area contributed by atoms with Crippen molar-refractivity contribution < 1.29 is 14.2 Å². The van der Waals surface area contributed by atoms with Crippen LogP contribution >= 0.6 is 0 Å². The number of rotatable bonds is 2. The van der Waals surface area contributed by atoms with Crippen LogP contribution in [0.5, 0.6) is 0 Å². The largest absolute Gasteiger partial charge is 0.390 e. The van der Waals surface area contributed by atoms with Crippen LogP contribution in [0.1, 0.15) is 51.4 Å². The molecule has 2 nitrogen and oxygen atoms in total. The summed E-state index contributed by atoms with van der Waals surface area (Å²) in [6.45, 7) is 0. The highest BCUT2D eigenvalue weighted by Gasteiger charge is 2.31. The van der Waals surface area contributed by atoms with Crippen molar-refractivity contribution in [2.45, 2.75) is 75.9 Å². The Kier molecular flexibility index (Phi) is 3.98. The maximum absolute atomic E-state index is 13.5. The van der Waals surface area contributed by atoms with Gasteiger partial charge in [-0.05, 0) is 25.7 Å². The minimum atomic E-state index is -0.812. The van der Waals surface area contributed by atoms with Crippen molar-refractivity contribution in [2.75, 3.05) is 0 Å². The molecule has 15 heavy (non-hydrogen) atoms. The van der Waals surface area contributed by atoms with Crippen LogP contribution in [0.3, 0.4) is 0 Å². The number of hydrogen-bond donors (Lipinski definition) is 1. The second kappa shape index (κ2) is 5.26. The lowest BCUT2D eigenvalue weighted by Crippen LogP contribution is -2.40. The van der Waals surface area contributed by atoms with Crippen molar-refractivity contribution in [3.05, 3.63) is 0 Å². The smallest absolute Gasteiger partial charge is 0.126 e. The fourth-order valence-corrected chi connectivity index (χ4v) is 2.67. The van der Waals surface area contributed by atoms with Crippen molar-refractivity contribution in [1.29, 1.82) is 0 Å². The van der Waals surface area contributed by atoms with Crippen molar-refractivity contribution in [2.24, 2.45) is 0 Å². The summed E-state index contributed by atoms with van der Waals surface area (Å²) in [5, 5.41) is 9.74. The predicted molar refractivity (Wildman–Crippen MR) is 56.5 cm³/mol. The van der Waals surface area contributed by atoms with E-state index in [1.165, 1.54) is 0 Å². The van der Waals surface area contributed by atoms with E-state index in [4.69, 9.17) is 4.74 Å². The zero-order valence-corrected chi connectivity index (χ0v) is 9.20. The Morgan fingerprint density at radius 3 is 2.13 bits per heavy atom. The maximum Gasteiger partial charge on any atom is 0.126 e. The van der Waals surface area contributed by atoms with Crippen molar-refractivity contribution in [3.63, 3.8) is 0 Å². The molecule has 0 bridgehead atoms. The van der Waals surface area contributed by atoms with E-state index >= 15 is 0 Å². The van der Waals surface area contributed by atoms with Gasteiger partial charge in [-0.25, -0.2) is 4.39 Å². The number of halogens is 1. The summed E-state index contributed by atoms with van der Waals surface area (Å²) in [4.78, 5) is 0. The molecule has 3 heteroatoms. The topological polar surface area (TPSA) is 29.5 Å². The summed E-state index contributed by atoms with van der Waals surface area (Å²) in [5.41, 5.74) is 0. The number of ether oxygens (including phenoxy) is 1. The molecule has 4 atom stereocenters. The summed E-state index contributed by atoms with van der Waals surface area (Å²) in [5.74, 6) is 0. The zero-order chi connectivity index (χ0) is 10.7. The summed E-state index contributed by atoms with van der Waals surface area (Å²) in [7, 11) is 0. The van der Waals surface area contributed by atoms with E-state index in [-0.39, 0.29) is 18.3 Å². The molecule has 0 aromatic heterocycles. The monoisotopic (exact) mass is 216 g/mol. The van der Waals surface area contributed by atoms with Gasteiger partial charge in [0.2, 0.25) is 0 Å². The first-order chi connectivity index (χ1) is 7.27. The van der Waals surface area contributed by atoms with Crippen molar-refractivity contribution >= 4 is 0 Å². The molecule has 0 radical (unpaired) electrons. The Morgan fingerprint density at radius 2 is 1.47 bits per heavy atom. The van der Waals surface area contributed by atoms with E-state index in [1.54, 1.807) is 0 Å². The Bertz CT molecular complexity index is 178. The Hall–Kier alpha value is -0.150. The number of alkyl halides is 1. The number of aliphatic hydroxyl groups excluding tert-OH is 1. The van der Waals surface area contributed by atoms with Gasteiger partial charge < -0.3 is 9.84 Å². The van der Waals surface area contributed by atoms with Gasteiger partial charge in [0.15, 0.2) is 0 Å². The molecule has 2 unspecified atom stereocenters. The summed E-state index contributed by atoms with van der Waals surface area (Å²) in [6, 6.07) is 0. The summed E-state index contributed by atoms with van der Waals surface area (Å²) >= 11 is 0. The molecule has 0 aromatic rings. The van der Waals surface area contributed by atoms with Gasteiger partial charge in [-0.15, -0.1) is 0 Å². The molecular formula is C12H21FO2. The molecule has 2 saturated carbocycles. The molecule has 2 fully saturated rings. The molecule has 2 rings (SSSR count). The first-order valence-electron chi connectivity index (χ1n) is 6.25. The molecule has 2 aliphatic rings.